The Morgan fingerprint density at radius 1 is 1.21 bits per heavy atom. The van der Waals surface area contributed by atoms with Crippen LogP contribution < -0.4 is 5.32 Å². The van der Waals surface area contributed by atoms with E-state index in [-0.39, 0.29) is 5.82 Å². The maximum absolute atomic E-state index is 11.5. The average Bonchev–Trinajstić information content (AvgIpc) is 3.10. The Labute approximate surface area is 137 Å². The molecule has 0 aliphatic heterocycles. The van der Waals surface area contributed by atoms with E-state index in [1.807, 2.05) is 0 Å². The van der Waals surface area contributed by atoms with Gasteiger partial charge in [-0.1, -0.05) is 17.3 Å². The van der Waals surface area contributed by atoms with Gasteiger partial charge in [0.1, 0.15) is 6.26 Å². The molecule has 2 aromatic rings. The number of benzene rings is 1. The zero-order chi connectivity index (χ0) is 17.4. The van der Waals surface area contributed by atoms with Gasteiger partial charge in [0.05, 0.1) is 12.7 Å². The largest absolute Gasteiger partial charge is 0.465 e. The minimum Gasteiger partial charge on any atom is -0.465 e. The Balaban J connectivity index is 1.80. The summed E-state index contributed by atoms with van der Waals surface area (Å²) < 4.78 is 13.9. The Morgan fingerprint density at radius 3 is 2.58 bits per heavy atom. The summed E-state index contributed by atoms with van der Waals surface area (Å²) in [5, 5.41) is 5.88. The first-order chi connectivity index (χ1) is 11.6. The molecule has 8 heteroatoms. The van der Waals surface area contributed by atoms with Crippen LogP contribution in [0, 0.1) is 0 Å². The predicted molar refractivity (Wildman–Crippen MR) is 82.9 cm³/mol. The van der Waals surface area contributed by atoms with Crippen LogP contribution in [0.3, 0.4) is 0 Å². The van der Waals surface area contributed by atoms with E-state index in [2.05, 4.69) is 19.7 Å². The van der Waals surface area contributed by atoms with Gasteiger partial charge in [-0.25, -0.2) is 9.59 Å². The number of carbonyl (C=O) groups is 3. The summed E-state index contributed by atoms with van der Waals surface area (Å²) in [7, 11) is 1.30. The lowest BCUT2D eigenvalue weighted by Gasteiger charge is -2.02. The summed E-state index contributed by atoms with van der Waals surface area (Å²) in [6.45, 7) is -0.447. The number of carbonyl (C=O) groups excluding carboxylic acids is 3. The number of nitrogens with zero attached hydrogens (tertiary/aromatic N) is 1. The molecule has 2 rings (SSSR count). The van der Waals surface area contributed by atoms with Crippen LogP contribution in [0.1, 0.15) is 15.9 Å². The van der Waals surface area contributed by atoms with Gasteiger partial charge in [-0.05, 0) is 23.8 Å². The van der Waals surface area contributed by atoms with Crippen molar-refractivity contribution in [2.75, 3.05) is 19.0 Å². The van der Waals surface area contributed by atoms with Crippen molar-refractivity contribution in [2.45, 2.75) is 0 Å². The molecule has 1 heterocycles. The van der Waals surface area contributed by atoms with Crippen molar-refractivity contribution in [3.8, 4) is 0 Å². The van der Waals surface area contributed by atoms with E-state index in [9.17, 15) is 14.4 Å². The lowest BCUT2D eigenvalue weighted by Crippen LogP contribution is -2.20. The lowest BCUT2D eigenvalue weighted by molar-refractivity contribution is -0.142. The predicted octanol–water partition coefficient (Wildman–Crippen LogP) is 1.66. The van der Waals surface area contributed by atoms with Crippen LogP contribution in [-0.2, 0) is 19.1 Å². The fourth-order valence-electron chi connectivity index (χ4n) is 1.65. The van der Waals surface area contributed by atoms with Crippen LogP contribution in [-0.4, -0.2) is 36.7 Å². The molecular weight excluding hydrogens is 316 g/mol. The number of ether oxygens (including phenoxy) is 2. The molecule has 1 N–H and O–H groups in total. The highest BCUT2D eigenvalue weighted by Crippen LogP contribution is 2.07. The topological polar surface area (TPSA) is 108 Å². The molecule has 0 spiro atoms. The summed E-state index contributed by atoms with van der Waals surface area (Å²) in [5.41, 5.74) is 1.09. The standard InChI is InChI=1S/C16H14N2O6/c1-22-16(21)12-5-2-11(3-6-12)4-7-15(20)23-10-14(19)17-13-8-9-24-18-13/h2-9H,10H2,1H3,(H,17,18,19)/b7-4+. The van der Waals surface area contributed by atoms with E-state index < -0.39 is 24.5 Å². The van der Waals surface area contributed by atoms with Crippen LogP contribution in [0.15, 0.2) is 47.2 Å². The number of methoxy groups -OCH3 is 1. The van der Waals surface area contributed by atoms with Gasteiger partial charge in [0.15, 0.2) is 12.4 Å². The molecule has 0 bridgehead atoms. The first kappa shape index (κ1) is 16.9. The Kier molecular flexibility index (Phi) is 5.84. The summed E-state index contributed by atoms with van der Waals surface area (Å²) in [6, 6.07) is 7.89. The summed E-state index contributed by atoms with van der Waals surface area (Å²) in [4.78, 5) is 34.3. The van der Waals surface area contributed by atoms with E-state index in [4.69, 9.17) is 4.74 Å². The fraction of sp³-hybridized carbons (Fsp3) is 0.125. The van der Waals surface area contributed by atoms with E-state index in [1.165, 1.54) is 31.6 Å². The molecule has 0 saturated carbocycles. The molecule has 0 radical (unpaired) electrons. The molecular formula is C16H14N2O6. The number of anilines is 1. The van der Waals surface area contributed by atoms with Gasteiger partial charge in [0, 0.05) is 12.1 Å². The normalized spacial score (nSPS) is 10.4. The fourth-order valence-corrected chi connectivity index (χ4v) is 1.65. The minimum atomic E-state index is -0.678. The summed E-state index contributed by atoms with van der Waals surface area (Å²) in [6.07, 6.45) is 3.98. The van der Waals surface area contributed by atoms with Crippen molar-refractivity contribution in [3.63, 3.8) is 0 Å². The second-order valence-electron chi connectivity index (χ2n) is 4.49. The molecule has 24 heavy (non-hydrogen) atoms. The van der Waals surface area contributed by atoms with Gasteiger partial charge in [0.2, 0.25) is 0 Å². The second kappa shape index (κ2) is 8.28. The maximum Gasteiger partial charge on any atom is 0.337 e. The van der Waals surface area contributed by atoms with Gasteiger partial charge in [0.25, 0.3) is 5.91 Å². The van der Waals surface area contributed by atoms with Crippen LogP contribution >= 0.6 is 0 Å². The quantitative estimate of drug-likeness (QED) is 0.634. The smallest absolute Gasteiger partial charge is 0.337 e. The maximum atomic E-state index is 11.5. The molecule has 1 aromatic carbocycles. The van der Waals surface area contributed by atoms with Crippen molar-refractivity contribution in [3.05, 3.63) is 53.8 Å². The molecule has 0 unspecified atom stereocenters. The molecule has 0 aliphatic carbocycles. The minimum absolute atomic E-state index is 0.234. The van der Waals surface area contributed by atoms with Gasteiger partial charge >= 0.3 is 11.9 Å². The third-order valence-electron chi connectivity index (χ3n) is 2.79. The Hall–Kier alpha value is -3.42. The summed E-state index contributed by atoms with van der Waals surface area (Å²) in [5.74, 6) is -1.42. The van der Waals surface area contributed by atoms with Gasteiger partial charge in [-0.2, -0.15) is 0 Å². The molecule has 1 aromatic heterocycles. The number of hydrogen-bond acceptors (Lipinski definition) is 7. The third kappa shape index (κ3) is 5.09. The van der Waals surface area contributed by atoms with Crippen LogP contribution in [0.4, 0.5) is 5.82 Å². The van der Waals surface area contributed by atoms with E-state index in [0.29, 0.717) is 11.1 Å². The highest BCUT2D eigenvalue weighted by molar-refractivity contribution is 5.94. The molecule has 0 saturated heterocycles. The number of amides is 1. The number of nitrogens with one attached hydrogen (secondary N) is 1. The zero-order valence-electron chi connectivity index (χ0n) is 12.7. The number of aromatic nitrogens is 1. The number of hydrogen-bond donors (Lipinski definition) is 1. The van der Waals surface area contributed by atoms with E-state index in [0.717, 1.165) is 0 Å². The highest BCUT2D eigenvalue weighted by atomic mass is 16.5. The molecule has 0 aliphatic rings. The Bertz CT molecular complexity index is 734. The van der Waals surface area contributed by atoms with E-state index >= 15 is 0 Å². The molecule has 8 nitrogen and oxygen atoms in total. The van der Waals surface area contributed by atoms with Crippen molar-refractivity contribution in [1.29, 1.82) is 0 Å². The number of rotatable bonds is 6. The first-order valence-corrected chi connectivity index (χ1v) is 6.82. The van der Waals surface area contributed by atoms with Gasteiger partial charge in [-0.3, -0.25) is 4.79 Å². The van der Waals surface area contributed by atoms with Crippen molar-refractivity contribution < 1.29 is 28.4 Å². The molecule has 1 amide bonds. The molecule has 0 atom stereocenters. The number of esters is 2. The lowest BCUT2D eigenvalue weighted by atomic mass is 10.1. The zero-order valence-corrected chi connectivity index (χ0v) is 12.7. The average molecular weight is 330 g/mol. The van der Waals surface area contributed by atoms with Crippen molar-refractivity contribution >= 4 is 29.7 Å². The van der Waals surface area contributed by atoms with E-state index in [1.54, 1.807) is 24.3 Å². The summed E-state index contributed by atoms with van der Waals surface area (Å²) >= 11 is 0. The SMILES string of the molecule is COC(=O)c1ccc(/C=C/C(=O)OCC(=O)Nc2ccon2)cc1. The van der Waals surface area contributed by atoms with Crippen LogP contribution in [0.5, 0.6) is 0 Å². The first-order valence-electron chi connectivity index (χ1n) is 6.82. The highest BCUT2D eigenvalue weighted by Gasteiger charge is 2.07. The monoisotopic (exact) mass is 330 g/mol. The third-order valence-corrected chi connectivity index (χ3v) is 2.79. The van der Waals surface area contributed by atoms with Crippen molar-refractivity contribution in [1.82, 2.24) is 5.16 Å². The molecule has 124 valence electrons. The van der Waals surface area contributed by atoms with Gasteiger partial charge < -0.3 is 19.3 Å². The second-order valence-corrected chi connectivity index (χ2v) is 4.49. The van der Waals surface area contributed by atoms with Gasteiger partial charge in [-0.15, -0.1) is 0 Å². The van der Waals surface area contributed by atoms with Crippen molar-refractivity contribution in [2.24, 2.45) is 0 Å². The van der Waals surface area contributed by atoms with Crippen LogP contribution in [0.25, 0.3) is 6.08 Å². The molecule has 0 fully saturated rings. The van der Waals surface area contributed by atoms with Crippen LogP contribution in [0.2, 0.25) is 0 Å². The Morgan fingerprint density at radius 2 is 1.96 bits per heavy atom.